The summed E-state index contributed by atoms with van der Waals surface area (Å²) >= 11 is 0. The van der Waals surface area contributed by atoms with Crippen LogP contribution in [0.2, 0.25) is 0 Å². The lowest BCUT2D eigenvalue weighted by atomic mass is 10.2. The normalized spacial score (nSPS) is 10.7. The molecule has 6 heteroatoms. The smallest absolute Gasteiger partial charge is 0.232 e. The van der Waals surface area contributed by atoms with Crippen molar-refractivity contribution in [2.45, 2.75) is 12.8 Å². The minimum absolute atomic E-state index is 0.000751. The first-order chi connectivity index (χ1) is 9.59. The molecule has 0 aliphatic carbocycles. The molecule has 1 aromatic rings. The molecular formula is C14H19NO4S. The van der Waals surface area contributed by atoms with Crippen molar-refractivity contribution >= 4 is 15.7 Å². The van der Waals surface area contributed by atoms with Gasteiger partial charge in [-0.05, 0) is 18.6 Å². The number of rotatable bonds is 7. The Balaban J connectivity index is 2.79. The number of aliphatic hydroxyl groups excluding tert-OH is 1. The summed E-state index contributed by atoms with van der Waals surface area (Å²) in [5, 5.41) is 8.69. The van der Waals surface area contributed by atoms with Crippen molar-refractivity contribution in [3.63, 3.8) is 0 Å². The van der Waals surface area contributed by atoms with Gasteiger partial charge >= 0.3 is 0 Å². The van der Waals surface area contributed by atoms with E-state index in [0.717, 1.165) is 0 Å². The van der Waals surface area contributed by atoms with Crippen LogP contribution in [-0.2, 0) is 14.8 Å². The summed E-state index contributed by atoms with van der Waals surface area (Å²) in [7, 11) is -1.87. The number of sulfonamides is 1. The van der Waals surface area contributed by atoms with Crippen molar-refractivity contribution in [3.05, 3.63) is 29.8 Å². The Kier molecular flexibility index (Phi) is 7.09. The van der Waals surface area contributed by atoms with E-state index in [2.05, 4.69) is 16.6 Å². The quantitative estimate of drug-likeness (QED) is 0.586. The molecule has 110 valence electrons. The summed E-state index contributed by atoms with van der Waals surface area (Å²) in [6.45, 7) is 0.386. The number of hydrogen-bond acceptors (Lipinski definition) is 4. The maximum Gasteiger partial charge on any atom is 0.232 e. The molecule has 0 amide bonds. The first kappa shape index (κ1) is 16.5. The minimum atomic E-state index is -3.41. The fourth-order valence-corrected chi connectivity index (χ4v) is 2.62. The van der Waals surface area contributed by atoms with E-state index < -0.39 is 10.0 Å². The van der Waals surface area contributed by atoms with E-state index in [4.69, 9.17) is 9.84 Å². The summed E-state index contributed by atoms with van der Waals surface area (Å²) in [4.78, 5) is 0. The molecule has 0 bridgehead atoms. The van der Waals surface area contributed by atoms with Crippen LogP contribution in [0.4, 0.5) is 5.69 Å². The van der Waals surface area contributed by atoms with Crippen LogP contribution in [0, 0.1) is 11.8 Å². The second kappa shape index (κ2) is 8.59. The first-order valence-electron chi connectivity index (χ1n) is 6.27. The molecule has 0 radical (unpaired) electrons. The molecule has 0 aromatic heterocycles. The van der Waals surface area contributed by atoms with Crippen LogP contribution >= 0.6 is 0 Å². The molecule has 20 heavy (non-hydrogen) atoms. The Morgan fingerprint density at radius 1 is 1.35 bits per heavy atom. The molecule has 2 N–H and O–H groups in total. The van der Waals surface area contributed by atoms with E-state index >= 15 is 0 Å². The van der Waals surface area contributed by atoms with Gasteiger partial charge in [0.2, 0.25) is 10.0 Å². The van der Waals surface area contributed by atoms with E-state index in [0.29, 0.717) is 30.7 Å². The van der Waals surface area contributed by atoms with Crippen LogP contribution in [0.5, 0.6) is 0 Å². The van der Waals surface area contributed by atoms with E-state index in [1.165, 1.54) is 7.11 Å². The molecule has 0 aliphatic heterocycles. The lowest BCUT2D eigenvalue weighted by Gasteiger charge is -2.09. The van der Waals surface area contributed by atoms with Crippen LogP contribution in [0.25, 0.3) is 0 Å². The second-order valence-electron chi connectivity index (χ2n) is 4.09. The number of nitrogens with one attached hydrogen (secondary N) is 1. The topological polar surface area (TPSA) is 75.6 Å². The van der Waals surface area contributed by atoms with Gasteiger partial charge in [0.1, 0.15) is 0 Å². The van der Waals surface area contributed by atoms with Crippen molar-refractivity contribution in [1.82, 2.24) is 0 Å². The molecule has 5 nitrogen and oxygen atoms in total. The number of aliphatic hydroxyl groups is 1. The van der Waals surface area contributed by atoms with Crippen molar-refractivity contribution in [3.8, 4) is 11.8 Å². The monoisotopic (exact) mass is 297 g/mol. The van der Waals surface area contributed by atoms with E-state index in [9.17, 15) is 8.42 Å². The molecule has 0 atom stereocenters. The van der Waals surface area contributed by atoms with E-state index in [1.54, 1.807) is 24.3 Å². The van der Waals surface area contributed by atoms with Gasteiger partial charge in [-0.15, -0.1) is 0 Å². The van der Waals surface area contributed by atoms with Crippen LogP contribution in [0.1, 0.15) is 18.4 Å². The van der Waals surface area contributed by atoms with Crippen LogP contribution in [-0.4, -0.2) is 39.6 Å². The van der Waals surface area contributed by atoms with Crippen molar-refractivity contribution in [2.24, 2.45) is 0 Å². The van der Waals surface area contributed by atoms with Crippen molar-refractivity contribution < 1.29 is 18.3 Å². The highest BCUT2D eigenvalue weighted by atomic mass is 32.2. The van der Waals surface area contributed by atoms with Gasteiger partial charge in [0.15, 0.2) is 0 Å². The molecule has 0 saturated heterocycles. The Bertz CT molecular complexity index is 572. The Hall–Kier alpha value is -1.55. The first-order valence-corrected chi connectivity index (χ1v) is 7.92. The summed E-state index contributed by atoms with van der Waals surface area (Å²) < 4.78 is 31.2. The number of methoxy groups -OCH3 is 1. The molecule has 0 heterocycles. The second-order valence-corrected chi connectivity index (χ2v) is 5.93. The highest BCUT2D eigenvalue weighted by Crippen LogP contribution is 2.15. The average molecular weight is 297 g/mol. The standard InChI is InChI=1S/C14H19NO4S/c1-19-11-6-12-20(17,18)15-14-9-3-2-7-13(14)8-4-5-10-16/h2-3,7,9,15-16H,5-6,10-12H2,1H3. The van der Waals surface area contributed by atoms with Gasteiger partial charge in [-0.1, -0.05) is 24.0 Å². The van der Waals surface area contributed by atoms with Gasteiger partial charge < -0.3 is 9.84 Å². The summed E-state index contributed by atoms with van der Waals surface area (Å²) in [6.07, 6.45) is 0.791. The Morgan fingerprint density at radius 3 is 2.80 bits per heavy atom. The predicted octanol–water partition coefficient (Wildman–Crippen LogP) is 1.20. The maximum atomic E-state index is 11.9. The lowest BCUT2D eigenvalue weighted by Crippen LogP contribution is -2.18. The van der Waals surface area contributed by atoms with Gasteiger partial charge in [-0.2, -0.15) is 0 Å². The van der Waals surface area contributed by atoms with Crippen molar-refractivity contribution in [1.29, 1.82) is 0 Å². The summed E-state index contributed by atoms with van der Waals surface area (Å²) in [5.74, 6) is 5.62. The number of anilines is 1. The molecule has 0 spiro atoms. The zero-order valence-electron chi connectivity index (χ0n) is 11.4. The largest absolute Gasteiger partial charge is 0.395 e. The SMILES string of the molecule is COCCCS(=O)(=O)Nc1ccccc1C#CCCO. The van der Waals surface area contributed by atoms with E-state index in [1.807, 2.05) is 0 Å². The van der Waals surface area contributed by atoms with Crippen molar-refractivity contribution in [2.75, 3.05) is 30.8 Å². The predicted molar refractivity (Wildman–Crippen MR) is 78.9 cm³/mol. The lowest BCUT2D eigenvalue weighted by molar-refractivity contribution is 0.199. The third-order valence-electron chi connectivity index (χ3n) is 2.41. The van der Waals surface area contributed by atoms with Crippen LogP contribution in [0.3, 0.4) is 0 Å². The minimum Gasteiger partial charge on any atom is -0.395 e. The van der Waals surface area contributed by atoms with Gasteiger partial charge in [0.05, 0.1) is 18.0 Å². The molecule has 1 aromatic carbocycles. The average Bonchev–Trinajstić information content (AvgIpc) is 2.41. The van der Waals surface area contributed by atoms with Crippen LogP contribution < -0.4 is 4.72 Å². The third-order valence-corrected chi connectivity index (χ3v) is 3.77. The molecule has 1 rings (SSSR count). The van der Waals surface area contributed by atoms with Crippen LogP contribution in [0.15, 0.2) is 24.3 Å². The molecular weight excluding hydrogens is 278 g/mol. The molecule has 0 unspecified atom stereocenters. The van der Waals surface area contributed by atoms with Gasteiger partial charge in [0, 0.05) is 25.7 Å². The number of benzene rings is 1. The zero-order valence-corrected chi connectivity index (χ0v) is 12.2. The zero-order chi connectivity index (χ0) is 14.8. The Labute approximate surface area is 120 Å². The van der Waals surface area contributed by atoms with Gasteiger partial charge in [-0.25, -0.2) is 8.42 Å². The molecule has 0 aliphatic rings. The fraction of sp³-hybridized carbons (Fsp3) is 0.429. The Morgan fingerprint density at radius 2 is 2.10 bits per heavy atom. The molecule has 0 fully saturated rings. The third kappa shape index (κ3) is 6.06. The molecule has 0 saturated carbocycles. The highest BCUT2D eigenvalue weighted by Gasteiger charge is 2.11. The fourth-order valence-electron chi connectivity index (χ4n) is 1.51. The van der Waals surface area contributed by atoms with Gasteiger partial charge in [0.25, 0.3) is 0 Å². The van der Waals surface area contributed by atoms with Gasteiger partial charge in [-0.3, -0.25) is 4.72 Å². The number of ether oxygens (including phenoxy) is 1. The summed E-state index contributed by atoms with van der Waals surface area (Å²) in [6, 6.07) is 6.92. The summed E-state index contributed by atoms with van der Waals surface area (Å²) in [5.41, 5.74) is 1.05. The number of hydrogen-bond donors (Lipinski definition) is 2. The maximum absolute atomic E-state index is 11.9. The van der Waals surface area contributed by atoms with E-state index in [-0.39, 0.29) is 12.4 Å². The highest BCUT2D eigenvalue weighted by molar-refractivity contribution is 7.92. The number of para-hydroxylation sites is 1.